The number of aryl methyl sites for hydroxylation is 1. The molecule has 10 nitrogen and oxygen atoms in total. The lowest BCUT2D eigenvalue weighted by atomic mass is 10.0. The molecule has 1 fully saturated rings. The molecule has 5 aromatic rings. The number of anilines is 3. The third kappa shape index (κ3) is 5.86. The first-order chi connectivity index (χ1) is 21.3. The first-order valence-electron chi connectivity index (χ1n) is 14.5. The normalized spacial score (nSPS) is 13.7. The zero-order chi connectivity index (χ0) is 30.8. The van der Waals surface area contributed by atoms with Gasteiger partial charge in [-0.2, -0.15) is 4.98 Å². The Morgan fingerprint density at radius 1 is 0.909 bits per heavy atom. The highest BCUT2D eigenvalue weighted by atomic mass is 35.5. The SMILES string of the molecule is CCn1c(=O)c(-c2ccc(-c3ccc(C(=O)NC)nc3)cc2Cl)cc2cnc(Nc3ccc(N4CCN(C)CC4)cc3)nc21. The molecule has 4 heterocycles. The Kier molecular flexibility index (Phi) is 8.28. The summed E-state index contributed by atoms with van der Waals surface area (Å²) in [6.45, 7) is 6.46. The van der Waals surface area contributed by atoms with E-state index in [1.54, 1.807) is 42.2 Å². The van der Waals surface area contributed by atoms with Gasteiger partial charge >= 0.3 is 0 Å². The number of aromatic nitrogens is 4. The molecule has 0 unspecified atom stereocenters. The molecule has 0 saturated carbocycles. The smallest absolute Gasteiger partial charge is 0.269 e. The second kappa shape index (κ2) is 12.4. The molecule has 2 aromatic carbocycles. The zero-order valence-corrected chi connectivity index (χ0v) is 25.6. The maximum absolute atomic E-state index is 13.7. The van der Waals surface area contributed by atoms with Crippen molar-refractivity contribution >= 4 is 45.9 Å². The third-order valence-corrected chi connectivity index (χ3v) is 8.26. The van der Waals surface area contributed by atoms with E-state index in [1.807, 2.05) is 37.3 Å². The van der Waals surface area contributed by atoms with Gasteiger partial charge in [0, 0.05) is 90.6 Å². The van der Waals surface area contributed by atoms with Gasteiger partial charge in [0.2, 0.25) is 5.95 Å². The van der Waals surface area contributed by atoms with Gasteiger partial charge in [0.25, 0.3) is 11.5 Å². The maximum Gasteiger partial charge on any atom is 0.269 e. The van der Waals surface area contributed by atoms with Crippen molar-refractivity contribution in [3.63, 3.8) is 0 Å². The molecule has 1 aliphatic rings. The average molecular weight is 609 g/mol. The summed E-state index contributed by atoms with van der Waals surface area (Å²) in [5.74, 6) is 0.160. The molecule has 0 spiro atoms. The van der Waals surface area contributed by atoms with E-state index in [4.69, 9.17) is 16.6 Å². The van der Waals surface area contributed by atoms with Crippen LogP contribution in [0.1, 0.15) is 17.4 Å². The van der Waals surface area contributed by atoms with E-state index in [9.17, 15) is 9.59 Å². The number of carbonyl (C=O) groups is 1. The minimum atomic E-state index is -0.254. The van der Waals surface area contributed by atoms with Crippen molar-refractivity contribution in [2.75, 3.05) is 50.5 Å². The van der Waals surface area contributed by atoms with Crippen LogP contribution in [0.25, 0.3) is 33.3 Å². The standard InChI is InChI=1S/C33H33ClN8O2/c1-4-42-30-23(20-37-33(39-30)38-24-7-9-25(10-8-24)41-15-13-40(3)14-16-41)17-27(32(42)44)26-11-5-21(18-28(26)34)22-6-12-29(36-19-22)31(43)35-2/h5-12,17-20H,4,13-16H2,1-3H3,(H,35,43)(H,37,38,39). The lowest BCUT2D eigenvalue weighted by Crippen LogP contribution is -2.44. The summed E-state index contributed by atoms with van der Waals surface area (Å²) in [6, 6.07) is 19.0. The summed E-state index contributed by atoms with van der Waals surface area (Å²) in [5.41, 5.74) is 5.45. The van der Waals surface area contributed by atoms with Crippen LogP contribution in [0, 0.1) is 0 Å². The maximum atomic E-state index is 13.7. The van der Waals surface area contributed by atoms with Gasteiger partial charge in [0.05, 0.1) is 0 Å². The number of rotatable bonds is 7. The molecule has 224 valence electrons. The summed E-state index contributed by atoms with van der Waals surface area (Å²) in [5, 5.41) is 7.00. The van der Waals surface area contributed by atoms with E-state index in [0.717, 1.165) is 48.4 Å². The molecule has 0 aliphatic carbocycles. The number of piperazine rings is 1. The van der Waals surface area contributed by atoms with Crippen LogP contribution in [0.5, 0.6) is 0 Å². The fraction of sp³-hybridized carbons (Fsp3) is 0.242. The number of benzene rings is 2. The van der Waals surface area contributed by atoms with Crippen LogP contribution in [-0.2, 0) is 6.54 Å². The van der Waals surface area contributed by atoms with Gasteiger partial charge in [-0.3, -0.25) is 19.1 Å². The van der Waals surface area contributed by atoms with Crippen molar-refractivity contribution in [1.29, 1.82) is 0 Å². The Labute approximate surface area is 260 Å². The minimum Gasteiger partial charge on any atom is -0.369 e. The molecule has 0 radical (unpaired) electrons. The van der Waals surface area contributed by atoms with Crippen molar-refractivity contribution in [1.82, 2.24) is 29.7 Å². The lowest BCUT2D eigenvalue weighted by Gasteiger charge is -2.34. The predicted molar refractivity (Wildman–Crippen MR) is 176 cm³/mol. The molecular weight excluding hydrogens is 576 g/mol. The van der Waals surface area contributed by atoms with Gasteiger partial charge < -0.3 is 20.4 Å². The summed E-state index contributed by atoms with van der Waals surface area (Å²) >= 11 is 6.74. The molecule has 2 N–H and O–H groups in total. The summed E-state index contributed by atoms with van der Waals surface area (Å²) < 4.78 is 1.64. The van der Waals surface area contributed by atoms with Crippen LogP contribution >= 0.6 is 11.6 Å². The minimum absolute atomic E-state index is 0.188. The summed E-state index contributed by atoms with van der Waals surface area (Å²) in [7, 11) is 3.71. The second-order valence-electron chi connectivity index (χ2n) is 10.7. The number of nitrogens with zero attached hydrogens (tertiary/aromatic N) is 6. The Hall–Kier alpha value is -4.80. The molecule has 0 atom stereocenters. The van der Waals surface area contributed by atoms with Crippen molar-refractivity contribution in [2.24, 2.45) is 0 Å². The molecule has 3 aromatic heterocycles. The highest BCUT2D eigenvalue weighted by molar-refractivity contribution is 6.33. The molecular formula is C33H33ClN8O2. The van der Waals surface area contributed by atoms with Crippen LogP contribution < -0.4 is 21.1 Å². The van der Waals surface area contributed by atoms with Crippen molar-refractivity contribution in [2.45, 2.75) is 13.5 Å². The van der Waals surface area contributed by atoms with Gasteiger partial charge in [0.15, 0.2) is 0 Å². The van der Waals surface area contributed by atoms with Gasteiger partial charge in [-0.25, -0.2) is 4.98 Å². The Morgan fingerprint density at radius 3 is 2.32 bits per heavy atom. The Morgan fingerprint density at radius 2 is 1.66 bits per heavy atom. The van der Waals surface area contributed by atoms with E-state index in [2.05, 4.69) is 49.6 Å². The second-order valence-corrected chi connectivity index (χ2v) is 11.2. The topological polar surface area (TPSA) is 108 Å². The van der Waals surface area contributed by atoms with E-state index in [0.29, 0.717) is 40.0 Å². The highest BCUT2D eigenvalue weighted by Crippen LogP contribution is 2.32. The number of carbonyl (C=O) groups excluding carboxylic acids is 1. The van der Waals surface area contributed by atoms with E-state index in [-0.39, 0.29) is 11.5 Å². The predicted octanol–water partition coefficient (Wildman–Crippen LogP) is 5.05. The third-order valence-electron chi connectivity index (χ3n) is 7.95. The molecule has 6 rings (SSSR count). The fourth-order valence-corrected chi connectivity index (χ4v) is 5.68. The van der Waals surface area contributed by atoms with E-state index >= 15 is 0 Å². The van der Waals surface area contributed by atoms with Crippen LogP contribution in [0.15, 0.2) is 77.9 Å². The molecule has 1 saturated heterocycles. The lowest BCUT2D eigenvalue weighted by molar-refractivity contribution is 0.0958. The quantitative estimate of drug-likeness (QED) is 0.264. The highest BCUT2D eigenvalue weighted by Gasteiger charge is 2.17. The van der Waals surface area contributed by atoms with Crippen molar-refractivity contribution in [3.05, 3.63) is 94.1 Å². The Balaban J connectivity index is 1.26. The van der Waals surface area contributed by atoms with Crippen LogP contribution in [0.2, 0.25) is 5.02 Å². The summed E-state index contributed by atoms with van der Waals surface area (Å²) in [6.07, 6.45) is 3.35. The monoisotopic (exact) mass is 608 g/mol. The fourth-order valence-electron chi connectivity index (χ4n) is 5.39. The number of likely N-dealkylation sites (N-methyl/N-ethyl adjacent to an activating group) is 1. The van der Waals surface area contributed by atoms with Crippen molar-refractivity contribution in [3.8, 4) is 22.3 Å². The molecule has 44 heavy (non-hydrogen) atoms. The average Bonchev–Trinajstić information content (AvgIpc) is 3.05. The number of hydrogen-bond donors (Lipinski definition) is 2. The van der Waals surface area contributed by atoms with Crippen molar-refractivity contribution < 1.29 is 4.79 Å². The van der Waals surface area contributed by atoms with Crippen LogP contribution in [0.3, 0.4) is 0 Å². The molecule has 0 bridgehead atoms. The molecule has 11 heteroatoms. The molecule has 1 aliphatic heterocycles. The van der Waals surface area contributed by atoms with E-state index < -0.39 is 0 Å². The first kappa shape index (κ1) is 29.3. The number of amides is 1. The van der Waals surface area contributed by atoms with Gasteiger partial charge in [-0.1, -0.05) is 29.8 Å². The number of pyridine rings is 2. The first-order valence-corrected chi connectivity index (χ1v) is 14.9. The number of halogens is 1. The van der Waals surface area contributed by atoms with E-state index in [1.165, 1.54) is 5.69 Å². The van der Waals surface area contributed by atoms with Gasteiger partial charge in [-0.05, 0) is 62.0 Å². The molecule has 1 amide bonds. The zero-order valence-electron chi connectivity index (χ0n) is 24.8. The van der Waals surface area contributed by atoms with Gasteiger partial charge in [0.1, 0.15) is 11.3 Å². The number of hydrogen-bond acceptors (Lipinski definition) is 8. The Bertz CT molecular complexity index is 1880. The van der Waals surface area contributed by atoms with Gasteiger partial charge in [-0.15, -0.1) is 0 Å². The van der Waals surface area contributed by atoms with Crippen LogP contribution in [-0.4, -0.2) is 70.6 Å². The summed E-state index contributed by atoms with van der Waals surface area (Å²) in [4.78, 5) is 43.7. The number of fused-ring (bicyclic) bond motifs is 1. The number of nitrogens with one attached hydrogen (secondary N) is 2. The largest absolute Gasteiger partial charge is 0.369 e. The van der Waals surface area contributed by atoms with Crippen LogP contribution in [0.4, 0.5) is 17.3 Å².